The van der Waals surface area contributed by atoms with Crippen molar-refractivity contribution in [1.82, 2.24) is 9.91 Å². The number of benzene rings is 2. The van der Waals surface area contributed by atoms with Crippen LogP contribution in [0, 0.1) is 0 Å². The second-order valence-corrected chi connectivity index (χ2v) is 9.54. The Morgan fingerprint density at radius 2 is 1.93 bits per heavy atom. The van der Waals surface area contributed by atoms with Crippen molar-refractivity contribution in [2.75, 3.05) is 19.6 Å². The van der Waals surface area contributed by atoms with Crippen LogP contribution in [0.25, 0.3) is 0 Å². The lowest BCUT2D eigenvalue weighted by Gasteiger charge is -2.51. The minimum absolute atomic E-state index is 0.208. The molecule has 1 atom stereocenters. The summed E-state index contributed by atoms with van der Waals surface area (Å²) in [7, 11) is 0. The first-order valence-corrected chi connectivity index (χ1v) is 11.6. The highest BCUT2D eigenvalue weighted by Gasteiger charge is 2.51. The maximum absolute atomic E-state index is 6.71. The molecule has 3 aliphatic heterocycles. The molecule has 2 aromatic carbocycles. The number of halogens is 2. The number of fused-ring (bicyclic) bond motifs is 4. The van der Waals surface area contributed by atoms with E-state index in [0.717, 1.165) is 65.4 Å². The van der Waals surface area contributed by atoms with Crippen LogP contribution >= 0.6 is 27.5 Å². The molecule has 1 spiro atoms. The summed E-state index contributed by atoms with van der Waals surface area (Å²) in [4.78, 5) is 2.54. The second-order valence-electron chi connectivity index (χ2n) is 8.19. The zero-order chi connectivity index (χ0) is 20.0. The lowest BCUT2D eigenvalue weighted by molar-refractivity contribution is -0.149. The predicted molar refractivity (Wildman–Crippen MR) is 121 cm³/mol. The van der Waals surface area contributed by atoms with Gasteiger partial charge in [-0.15, -0.1) is 0 Å². The molecule has 29 heavy (non-hydrogen) atoms. The van der Waals surface area contributed by atoms with E-state index in [0.29, 0.717) is 0 Å². The third kappa shape index (κ3) is 3.47. The molecule has 5 rings (SSSR count). The molecule has 1 saturated heterocycles. The Balaban J connectivity index is 1.52. The standard InChI is InChI=1S/C23H25BrClN3O/c1-2-11-27-12-9-23(10-13-27)28-21(19-14-17(24)5-8-22(19)29-23)15-20(26-28)16-3-6-18(25)7-4-16/h3-8,14,21H,2,9-13,15H2,1H3. The minimum atomic E-state index is -0.357. The van der Waals surface area contributed by atoms with Crippen LogP contribution in [0.15, 0.2) is 52.0 Å². The van der Waals surface area contributed by atoms with Gasteiger partial charge in [-0.2, -0.15) is 5.10 Å². The van der Waals surface area contributed by atoms with E-state index >= 15 is 0 Å². The number of likely N-dealkylation sites (tertiary alicyclic amines) is 1. The van der Waals surface area contributed by atoms with Crippen molar-refractivity contribution < 1.29 is 4.74 Å². The van der Waals surface area contributed by atoms with Gasteiger partial charge in [-0.05, 0) is 48.9 Å². The average molecular weight is 475 g/mol. The summed E-state index contributed by atoms with van der Waals surface area (Å²) in [6.07, 6.45) is 4.01. The van der Waals surface area contributed by atoms with Gasteiger partial charge in [0.05, 0.1) is 11.8 Å². The van der Waals surface area contributed by atoms with Gasteiger partial charge in [0.15, 0.2) is 0 Å². The molecule has 6 heteroatoms. The summed E-state index contributed by atoms with van der Waals surface area (Å²) in [6, 6.07) is 14.6. The van der Waals surface area contributed by atoms with Gasteiger partial charge in [-0.25, -0.2) is 5.01 Å². The van der Waals surface area contributed by atoms with Crippen LogP contribution in [-0.4, -0.2) is 41.0 Å². The topological polar surface area (TPSA) is 28.1 Å². The van der Waals surface area contributed by atoms with E-state index in [2.05, 4.69) is 63.1 Å². The van der Waals surface area contributed by atoms with Crippen molar-refractivity contribution in [2.24, 2.45) is 5.10 Å². The molecule has 3 heterocycles. The van der Waals surface area contributed by atoms with Gasteiger partial charge in [-0.1, -0.05) is 46.6 Å². The molecule has 0 aliphatic carbocycles. The van der Waals surface area contributed by atoms with E-state index in [-0.39, 0.29) is 11.8 Å². The summed E-state index contributed by atoms with van der Waals surface area (Å²) < 4.78 is 7.79. The van der Waals surface area contributed by atoms with E-state index in [1.54, 1.807) is 0 Å². The summed E-state index contributed by atoms with van der Waals surface area (Å²) >= 11 is 9.74. The molecule has 1 unspecified atom stereocenters. The highest BCUT2D eigenvalue weighted by Crippen LogP contribution is 2.50. The smallest absolute Gasteiger partial charge is 0.200 e. The van der Waals surface area contributed by atoms with E-state index in [1.165, 1.54) is 12.0 Å². The number of nitrogens with zero attached hydrogens (tertiary/aromatic N) is 3. The fourth-order valence-corrected chi connectivity index (χ4v) is 5.35. The van der Waals surface area contributed by atoms with Gasteiger partial charge >= 0.3 is 0 Å². The first-order valence-electron chi connectivity index (χ1n) is 10.4. The summed E-state index contributed by atoms with van der Waals surface area (Å²) in [5.74, 6) is 1.01. The van der Waals surface area contributed by atoms with Gasteiger partial charge in [0.2, 0.25) is 5.72 Å². The Bertz CT molecular complexity index is 938. The van der Waals surface area contributed by atoms with Crippen LogP contribution in [0.4, 0.5) is 0 Å². The SMILES string of the molecule is CCCN1CCC2(CC1)Oc1ccc(Br)cc1C1CC(c3ccc(Cl)cc3)=NN12. The Hall–Kier alpha value is -1.56. The summed E-state index contributed by atoms with van der Waals surface area (Å²) in [6.45, 7) is 5.50. The third-order valence-electron chi connectivity index (χ3n) is 6.31. The van der Waals surface area contributed by atoms with E-state index in [4.69, 9.17) is 21.4 Å². The van der Waals surface area contributed by atoms with E-state index in [9.17, 15) is 0 Å². The molecule has 0 amide bonds. The molecule has 0 radical (unpaired) electrons. The van der Waals surface area contributed by atoms with Crippen LogP contribution in [0.2, 0.25) is 5.02 Å². The molecule has 1 fully saturated rings. The van der Waals surface area contributed by atoms with Crippen LogP contribution in [0.5, 0.6) is 5.75 Å². The highest BCUT2D eigenvalue weighted by molar-refractivity contribution is 9.10. The average Bonchev–Trinajstić information content (AvgIpc) is 3.18. The molecule has 0 N–H and O–H groups in total. The van der Waals surface area contributed by atoms with Crippen molar-refractivity contribution in [3.8, 4) is 5.75 Å². The van der Waals surface area contributed by atoms with Crippen LogP contribution in [-0.2, 0) is 0 Å². The van der Waals surface area contributed by atoms with Crippen molar-refractivity contribution in [1.29, 1.82) is 0 Å². The second kappa shape index (κ2) is 7.60. The van der Waals surface area contributed by atoms with Crippen molar-refractivity contribution in [3.05, 3.63) is 63.1 Å². The van der Waals surface area contributed by atoms with Crippen molar-refractivity contribution >= 4 is 33.2 Å². The largest absolute Gasteiger partial charge is 0.466 e. The molecule has 152 valence electrons. The third-order valence-corrected chi connectivity index (χ3v) is 7.06. The Labute approximate surface area is 185 Å². The fraction of sp³-hybridized carbons (Fsp3) is 0.435. The van der Waals surface area contributed by atoms with E-state index < -0.39 is 0 Å². The lowest BCUT2D eigenvalue weighted by Crippen LogP contribution is -2.59. The maximum Gasteiger partial charge on any atom is 0.200 e. The first-order chi connectivity index (χ1) is 14.1. The zero-order valence-corrected chi connectivity index (χ0v) is 18.9. The summed E-state index contributed by atoms with van der Waals surface area (Å²) in [5, 5.41) is 8.16. The van der Waals surface area contributed by atoms with Crippen LogP contribution in [0.1, 0.15) is 49.8 Å². The summed E-state index contributed by atoms with van der Waals surface area (Å²) in [5.41, 5.74) is 3.11. The molecular weight excluding hydrogens is 450 g/mol. The number of ether oxygens (including phenoxy) is 1. The molecule has 2 aromatic rings. The van der Waals surface area contributed by atoms with Gasteiger partial charge in [-0.3, -0.25) is 0 Å². The zero-order valence-electron chi connectivity index (χ0n) is 16.6. The Kier molecular flexibility index (Phi) is 5.09. The maximum atomic E-state index is 6.71. The number of hydrogen-bond donors (Lipinski definition) is 0. The molecule has 3 aliphatic rings. The number of hydrogen-bond acceptors (Lipinski definition) is 4. The number of piperidine rings is 1. The van der Waals surface area contributed by atoms with E-state index in [1.807, 2.05) is 12.1 Å². The molecule has 0 bridgehead atoms. The minimum Gasteiger partial charge on any atom is -0.466 e. The Morgan fingerprint density at radius 1 is 1.17 bits per heavy atom. The van der Waals surface area contributed by atoms with Gasteiger partial charge < -0.3 is 9.64 Å². The molecule has 4 nitrogen and oxygen atoms in total. The van der Waals surface area contributed by atoms with Crippen molar-refractivity contribution in [2.45, 2.75) is 44.4 Å². The number of rotatable bonds is 3. The predicted octanol–water partition coefficient (Wildman–Crippen LogP) is 5.85. The molecular formula is C23H25BrClN3O. The van der Waals surface area contributed by atoms with Crippen LogP contribution in [0.3, 0.4) is 0 Å². The quantitative estimate of drug-likeness (QED) is 0.559. The fourth-order valence-electron chi connectivity index (χ4n) is 4.84. The molecule has 0 saturated carbocycles. The van der Waals surface area contributed by atoms with Crippen LogP contribution < -0.4 is 4.74 Å². The number of hydrazone groups is 1. The van der Waals surface area contributed by atoms with Gasteiger partial charge in [0.1, 0.15) is 5.75 Å². The van der Waals surface area contributed by atoms with Gasteiger partial charge in [0.25, 0.3) is 0 Å². The lowest BCUT2D eigenvalue weighted by atomic mass is 9.90. The first kappa shape index (κ1) is 19.4. The normalized spacial score (nSPS) is 22.8. The monoisotopic (exact) mass is 473 g/mol. The van der Waals surface area contributed by atoms with Crippen molar-refractivity contribution in [3.63, 3.8) is 0 Å². The highest BCUT2D eigenvalue weighted by atomic mass is 79.9. The van der Waals surface area contributed by atoms with Gasteiger partial charge in [0, 0.05) is 47.4 Å². The Morgan fingerprint density at radius 3 is 2.66 bits per heavy atom. The molecule has 0 aromatic heterocycles.